The fourth-order valence-corrected chi connectivity index (χ4v) is 1.64. The van der Waals surface area contributed by atoms with Gasteiger partial charge in [-0.3, -0.25) is 0 Å². The van der Waals surface area contributed by atoms with Crippen LogP contribution in [0, 0.1) is 0 Å². The van der Waals surface area contributed by atoms with Crippen molar-refractivity contribution in [1.29, 1.82) is 0 Å². The average molecular weight is 277 g/mol. The van der Waals surface area contributed by atoms with Crippen molar-refractivity contribution in [3.8, 4) is 17.4 Å². The molecule has 7 heteroatoms. The fourth-order valence-electron chi connectivity index (χ4n) is 1.64. The number of hydrogen-bond donors (Lipinski definition) is 1. The Labute approximate surface area is 117 Å². The molecule has 0 saturated carbocycles. The first kappa shape index (κ1) is 14.4. The van der Waals surface area contributed by atoms with E-state index in [0.717, 1.165) is 19.4 Å². The quantitative estimate of drug-likeness (QED) is 0.767. The second-order valence-corrected chi connectivity index (χ2v) is 4.69. The summed E-state index contributed by atoms with van der Waals surface area (Å²) in [6, 6.07) is 3.95. The molecule has 0 aliphatic carbocycles. The lowest BCUT2D eigenvalue weighted by Crippen LogP contribution is -2.23. The summed E-state index contributed by atoms with van der Waals surface area (Å²) in [5, 5.41) is 15.1. The van der Waals surface area contributed by atoms with E-state index in [-0.39, 0.29) is 0 Å². The summed E-state index contributed by atoms with van der Waals surface area (Å²) < 4.78 is 10.1. The van der Waals surface area contributed by atoms with Crippen LogP contribution in [-0.2, 0) is 6.42 Å². The van der Waals surface area contributed by atoms with Crippen LogP contribution in [0.1, 0.15) is 26.2 Å². The largest absolute Gasteiger partial charge is 0.480 e. The maximum Gasteiger partial charge on any atom is 0.233 e. The molecule has 1 N–H and O–H groups in total. The summed E-state index contributed by atoms with van der Waals surface area (Å²) in [5.74, 6) is 1.52. The molecule has 0 aromatic carbocycles. The minimum Gasteiger partial charge on any atom is -0.480 e. The molecule has 0 saturated heterocycles. The zero-order valence-corrected chi connectivity index (χ0v) is 12.0. The van der Waals surface area contributed by atoms with Crippen molar-refractivity contribution in [2.75, 3.05) is 13.7 Å². The monoisotopic (exact) mass is 277 g/mol. The number of aromatic nitrogens is 4. The number of methoxy groups -OCH3 is 1. The maximum absolute atomic E-state index is 5.19. The highest BCUT2D eigenvalue weighted by Gasteiger charge is 2.10. The Morgan fingerprint density at radius 1 is 1.30 bits per heavy atom. The molecule has 2 rings (SSSR count). The summed E-state index contributed by atoms with van der Waals surface area (Å²) in [5.41, 5.74) is 0.570. The lowest BCUT2D eigenvalue weighted by molar-refractivity contribution is 0.373. The van der Waals surface area contributed by atoms with E-state index in [9.17, 15) is 0 Å². The molecule has 0 aliphatic rings. The van der Waals surface area contributed by atoms with Gasteiger partial charge in [-0.25, -0.2) is 0 Å². The molecule has 0 spiro atoms. The molecule has 0 radical (unpaired) electrons. The van der Waals surface area contributed by atoms with Crippen LogP contribution in [-0.4, -0.2) is 40.0 Å². The van der Waals surface area contributed by atoms with Gasteiger partial charge in [-0.05, 0) is 19.0 Å². The molecule has 0 atom stereocenters. The first-order valence-electron chi connectivity index (χ1n) is 6.63. The smallest absolute Gasteiger partial charge is 0.233 e. The minimum absolute atomic E-state index is 0.451. The molecule has 108 valence electrons. The summed E-state index contributed by atoms with van der Waals surface area (Å²) in [6.07, 6.45) is 1.70. The Morgan fingerprint density at radius 3 is 2.80 bits per heavy atom. The molecule has 2 aromatic rings. The average Bonchev–Trinajstić information content (AvgIpc) is 2.92. The third-order valence-corrected chi connectivity index (χ3v) is 2.67. The number of rotatable bonds is 7. The second-order valence-electron chi connectivity index (χ2n) is 4.69. The molecular formula is C13H19N5O2. The van der Waals surface area contributed by atoms with Crippen molar-refractivity contribution in [2.24, 2.45) is 0 Å². The lowest BCUT2D eigenvalue weighted by Gasteiger charge is -2.05. The van der Waals surface area contributed by atoms with E-state index in [0.29, 0.717) is 29.3 Å². The molecule has 0 fully saturated rings. The topological polar surface area (TPSA) is 86.0 Å². The van der Waals surface area contributed by atoms with Gasteiger partial charge in [0.1, 0.15) is 5.69 Å². The van der Waals surface area contributed by atoms with Crippen molar-refractivity contribution < 1.29 is 9.26 Å². The van der Waals surface area contributed by atoms with E-state index < -0.39 is 0 Å². The highest BCUT2D eigenvalue weighted by molar-refractivity contribution is 5.47. The number of nitrogens with zero attached hydrogens (tertiary/aromatic N) is 4. The van der Waals surface area contributed by atoms with Crippen LogP contribution >= 0.6 is 0 Å². The number of aryl methyl sites for hydroxylation is 1. The zero-order chi connectivity index (χ0) is 14.4. The van der Waals surface area contributed by atoms with E-state index in [1.54, 1.807) is 19.2 Å². The molecule has 0 aliphatic heterocycles. The first-order chi connectivity index (χ1) is 9.69. The summed E-state index contributed by atoms with van der Waals surface area (Å²) in [7, 11) is 1.54. The summed E-state index contributed by atoms with van der Waals surface area (Å²) >= 11 is 0. The SMILES string of the molecule is COc1ccc(-c2noc(CCCNC(C)C)n2)nn1. The third-order valence-electron chi connectivity index (χ3n) is 2.67. The molecular weight excluding hydrogens is 258 g/mol. The fraction of sp³-hybridized carbons (Fsp3) is 0.538. The summed E-state index contributed by atoms with van der Waals surface area (Å²) in [4.78, 5) is 4.30. The number of nitrogens with one attached hydrogen (secondary N) is 1. The minimum atomic E-state index is 0.451. The van der Waals surface area contributed by atoms with E-state index in [2.05, 4.69) is 39.5 Å². The van der Waals surface area contributed by atoms with Crippen molar-refractivity contribution in [2.45, 2.75) is 32.7 Å². The van der Waals surface area contributed by atoms with E-state index >= 15 is 0 Å². The highest BCUT2D eigenvalue weighted by Crippen LogP contribution is 2.14. The lowest BCUT2D eigenvalue weighted by atomic mass is 10.3. The van der Waals surface area contributed by atoms with E-state index in [1.165, 1.54) is 0 Å². The van der Waals surface area contributed by atoms with Crippen molar-refractivity contribution in [3.63, 3.8) is 0 Å². The van der Waals surface area contributed by atoms with Gasteiger partial charge in [-0.1, -0.05) is 19.0 Å². The third kappa shape index (κ3) is 3.99. The van der Waals surface area contributed by atoms with Gasteiger partial charge < -0.3 is 14.6 Å². The Kier molecular flexibility index (Phi) is 5.00. The van der Waals surface area contributed by atoms with Gasteiger partial charge >= 0.3 is 0 Å². The van der Waals surface area contributed by atoms with Crippen LogP contribution in [0.5, 0.6) is 5.88 Å². The Morgan fingerprint density at radius 2 is 2.15 bits per heavy atom. The van der Waals surface area contributed by atoms with Gasteiger partial charge in [0.25, 0.3) is 0 Å². The standard InChI is InChI=1S/C13H19N5O2/c1-9(2)14-8-4-5-11-15-13(18-20-11)10-6-7-12(19-3)17-16-10/h6-7,9,14H,4-5,8H2,1-3H3. The Hall–Kier alpha value is -2.02. The Balaban J connectivity index is 1.90. The van der Waals surface area contributed by atoms with E-state index in [1.807, 2.05) is 0 Å². The van der Waals surface area contributed by atoms with Gasteiger partial charge in [0.05, 0.1) is 7.11 Å². The van der Waals surface area contributed by atoms with Gasteiger partial charge in [0, 0.05) is 18.5 Å². The molecule has 0 bridgehead atoms. The van der Waals surface area contributed by atoms with Crippen molar-refractivity contribution in [3.05, 3.63) is 18.0 Å². The van der Waals surface area contributed by atoms with Crippen LogP contribution in [0.2, 0.25) is 0 Å². The number of ether oxygens (including phenoxy) is 1. The van der Waals surface area contributed by atoms with Crippen LogP contribution in [0.3, 0.4) is 0 Å². The van der Waals surface area contributed by atoms with Gasteiger partial charge in [0.2, 0.25) is 17.6 Å². The van der Waals surface area contributed by atoms with Crippen LogP contribution < -0.4 is 10.1 Å². The maximum atomic E-state index is 5.19. The van der Waals surface area contributed by atoms with Gasteiger partial charge in [-0.2, -0.15) is 4.98 Å². The first-order valence-corrected chi connectivity index (χ1v) is 6.63. The van der Waals surface area contributed by atoms with Crippen LogP contribution in [0.25, 0.3) is 11.5 Å². The number of hydrogen-bond acceptors (Lipinski definition) is 7. The molecule has 0 unspecified atom stereocenters. The normalized spacial score (nSPS) is 11.0. The molecule has 2 heterocycles. The van der Waals surface area contributed by atoms with Gasteiger partial charge in [0.15, 0.2) is 0 Å². The van der Waals surface area contributed by atoms with Crippen LogP contribution in [0.15, 0.2) is 16.7 Å². The Bertz CT molecular complexity index is 524. The van der Waals surface area contributed by atoms with Gasteiger partial charge in [-0.15, -0.1) is 10.2 Å². The molecule has 0 amide bonds. The second kappa shape index (κ2) is 6.95. The summed E-state index contributed by atoms with van der Waals surface area (Å²) in [6.45, 7) is 5.16. The van der Waals surface area contributed by atoms with E-state index in [4.69, 9.17) is 9.26 Å². The molecule has 20 heavy (non-hydrogen) atoms. The van der Waals surface area contributed by atoms with Crippen LogP contribution in [0.4, 0.5) is 0 Å². The highest BCUT2D eigenvalue weighted by atomic mass is 16.5. The van der Waals surface area contributed by atoms with Crippen molar-refractivity contribution >= 4 is 0 Å². The predicted molar refractivity (Wildman–Crippen MR) is 73.3 cm³/mol. The van der Waals surface area contributed by atoms with Crippen molar-refractivity contribution in [1.82, 2.24) is 25.7 Å². The molecule has 7 nitrogen and oxygen atoms in total. The predicted octanol–water partition coefficient (Wildman–Crippen LogP) is 1.47. The molecule has 2 aromatic heterocycles. The zero-order valence-electron chi connectivity index (χ0n) is 12.0.